The third kappa shape index (κ3) is 3.12. The van der Waals surface area contributed by atoms with Crippen molar-refractivity contribution in [3.63, 3.8) is 0 Å². The standard InChI is InChI=1S/C16H25NO/c1-12-9-13(2)15(14(3)10-12)5-6-16(4)11-18-8-7-17-16/h9-10,17H,5-8,11H2,1-4H3. The number of morpholine rings is 1. The van der Waals surface area contributed by atoms with Crippen LogP contribution in [0.25, 0.3) is 0 Å². The number of rotatable bonds is 3. The van der Waals surface area contributed by atoms with E-state index in [0.717, 1.165) is 32.6 Å². The van der Waals surface area contributed by atoms with Gasteiger partial charge in [-0.25, -0.2) is 0 Å². The van der Waals surface area contributed by atoms with Crippen LogP contribution in [0.2, 0.25) is 0 Å². The average Bonchev–Trinajstić information content (AvgIpc) is 2.28. The molecule has 0 spiro atoms. The molecule has 0 saturated carbocycles. The number of aryl methyl sites for hydroxylation is 3. The van der Waals surface area contributed by atoms with E-state index in [1.165, 1.54) is 22.3 Å². The minimum Gasteiger partial charge on any atom is -0.378 e. The molecule has 1 aliphatic heterocycles. The lowest BCUT2D eigenvalue weighted by molar-refractivity contribution is 0.0317. The maximum absolute atomic E-state index is 5.59. The van der Waals surface area contributed by atoms with Crippen molar-refractivity contribution in [3.05, 3.63) is 34.4 Å². The number of hydrogen-bond donors (Lipinski definition) is 1. The SMILES string of the molecule is Cc1cc(C)c(CCC2(C)COCCN2)c(C)c1. The van der Waals surface area contributed by atoms with Crippen molar-refractivity contribution in [2.24, 2.45) is 0 Å². The van der Waals surface area contributed by atoms with E-state index in [1.54, 1.807) is 0 Å². The molecule has 1 aliphatic rings. The molecule has 0 radical (unpaired) electrons. The maximum Gasteiger partial charge on any atom is 0.0646 e. The van der Waals surface area contributed by atoms with Crippen LogP contribution in [-0.4, -0.2) is 25.3 Å². The van der Waals surface area contributed by atoms with Gasteiger partial charge in [0.25, 0.3) is 0 Å². The Kier molecular flexibility index (Phi) is 4.08. The predicted octanol–water partition coefficient (Wildman–Crippen LogP) is 2.92. The van der Waals surface area contributed by atoms with Gasteiger partial charge in [0.15, 0.2) is 0 Å². The molecule has 1 aromatic carbocycles. The molecule has 0 amide bonds. The van der Waals surface area contributed by atoms with Gasteiger partial charge in [-0.1, -0.05) is 17.7 Å². The van der Waals surface area contributed by atoms with Crippen molar-refractivity contribution in [1.82, 2.24) is 5.32 Å². The minimum atomic E-state index is 0.141. The van der Waals surface area contributed by atoms with Gasteiger partial charge in [0, 0.05) is 12.1 Å². The highest BCUT2D eigenvalue weighted by Crippen LogP contribution is 2.22. The molecule has 1 atom stereocenters. The lowest BCUT2D eigenvalue weighted by Gasteiger charge is -2.35. The molecule has 1 heterocycles. The molecule has 1 saturated heterocycles. The van der Waals surface area contributed by atoms with Gasteiger partial charge in [-0.3, -0.25) is 0 Å². The van der Waals surface area contributed by atoms with E-state index in [-0.39, 0.29) is 5.54 Å². The first kappa shape index (κ1) is 13.6. The van der Waals surface area contributed by atoms with Crippen LogP contribution in [0.5, 0.6) is 0 Å². The minimum absolute atomic E-state index is 0.141. The zero-order valence-electron chi connectivity index (χ0n) is 12.1. The summed E-state index contributed by atoms with van der Waals surface area (Å²) < 4.78 is 5.59. The Labute approximate surface area is 111 Å². The molecule has 1 N–H and O–H groups in total. The topological polar surface area (TPSA) is 21.3 Å². The number of hydrogen-bond acceptors (Lipinski definition) is 2. The van der Waals surface area contributed by atoms with Gasteiger partial charge in [0.05, 0.1) is 13.2 Å². The molecule has 18 heavy (non-hydrogen) atoms. The number of benzene rings is 1. The predicted molar refractivity (Wildman–Crippen MR) is 76.2 cm³/mol. The van der Waals surface area contributed by atoms with Crippen LogP contribution >= 0.6 is 0 Å². The third-order valence-corrected chi connectivity index (χ3v) is 3.99. The van der Waals surface area contributed by atoms with Gasteiger partial charge in [0.1, 0.15) is 0 Å². The Hall–Kier alpha value is -0.860. The van der Waals surface area contributed by atoms with E-state index in [4.69, 9.17) is 4.74 Å². The van der Waals surface area contributed by atoms with Crippen molar-refractivity contribution < 1.29 is 4.74 Å². The van der Waals surface area contributed by atoms with Gasteiger partial charge in [-0.05, 0) is 57.2 Å². The van der Waals surface area contributed by atoms with Crippen molar-refractivity contribution in [3.8, 4) is 0 Å². The quantitative estimate of drug-likeness (QED) is 0.886. The summed E-state index contributed by atoms with van der Waals surface area (Å²) in [4.78, 5) is 0. The zero-order valence-corrected chi connectivity index (χ0v) is 12.1. The van der Waals surface area contributed by atoms with Gasteiger partial charge >= 0.3 is 0 Å². The highest BCUT2D eigenvalue weighted by molar-refractivity contribution is 5.37. The van der Waals surface area contributed by atoms with Crippen LogP contribution in [-0.2, 0) is 11.2 Å². The van der Waals surface area contributed by atoms with E-state index in [2.05, 4.69) is 45.1 Å². The van der Waals surface area contributed by atoms with Crippen molar-refractivity contribution in [2.75, 3.05) is 19.8 Å². The second-order valence-electron chi connectivity index (χ2n) is 5.92. The molecule has 1 unspecified atom stereocenters. The Morgan fingerprint density at radius 2 is 1.89 bits per heavy atom. The summed E-state index contributed by atoms with van der Waals surface area (Å²) in [5.74, 6) is 0. The first-order valence-corrected chi connectivity index (χ1v) is 6.90. The highest BCUT2D eigenvalue weighted by Gasteiger charge is 2.26. The molecule has 2 nitrogen and oxygen atoms in total. The number of ether oxygens (including phenoxy) is 1. The summed E-state index contributed by atoms with van der Waals surface area (Å²) in [6.07, 6.45) is 2.27. The maximum atomic E-state index is 5.59. The van der Waals surface area contributed by atoms with E-state index in [1.807, 2.05) is 0 Å². The van der Waals surface area contributed by atoms with Crippen molar-refractivity contribution in [2.45, 2.75) is 46.1 Å². The number of nitrogens with one attached hydrogen (secondary N) is 1. The second kappa shape index (κ2) is 5.41. The van der Waals surface area contributed by atoms with Crippen LogP contribution in [0, 0.1) is 20.8 Å². The summed E-state index contributed by atoms with van der Waals surface area (Å²) in [7, 11) is 0. The van der Waals surface area contributed by atoms with E-state index in [9.17, 15) is 0 Å². The second-order valence-corrected chi connectivity index (χ2v) is 5.92. The summed E-state index contributed by atoms with van der Waals surface area (Å²) >= 11 is 0. The highest BCUT2D eigenvalue weighted by atomic mass is 16.5. The molecule has 0 aliphatic carbocycles. The molecule has 1 fully saturated rings. The normalized spacial score (nSPS) is 24.2. The molecule has 1 aromatic rings. The molecule has 100 valence electrons. The van der Waals surface area contributed by atoms with Crippen LogP contribution in [0.4, 0.5) is 0 Å². The zero-order chi connectivity index (χ0) is 13.2. The first-order valence-electron chi connectivity index (χ1n) is 6.90. The van der Waals surface area contributed by atoms with Gasteiger partial charge in [-0.2, -0.15) is 0 Å². The summed E-state index contributed by atoms with van der Waals surface area (Å²) in [6, 6.07) is 4.57. The molecular weight excluding hydrogens is 222 g/mol. The molecule has 0 aromatic heterocycles. The summed E-state index contributed by atoms with van der Waals surface area (Å²) in [5.41, 5.74) is 5.86. The van der Waals surface area contributed by atoms with Crippen LogP contribution in [0.3, 0.4) is 0 Å². The summed E-state index contributed by atoms with van der Waals surface area (Å²) in [6.45, 7) is 11.5. The summed E-state index contributed by atoms with van der Waals surface area (Å²) in [5, 5.41) is 3.59. The molecular formula is C16H25NO. The molecule has 0 bridgehead atoms. The third-order valence-electron chi connectivity index (χ3n) is 3.99. The van der Waals surface area contributed by atoms with Gasteiger partial charge in [-0.15, -0.1) is 0 Å². The van der Waals surface area contributed by atoms with Crippen LogP contribution in [0.1, 0.15) is 35.6 Å². The Morgan fingerprint density at radius 3 is 2.44 bits per heavy atom. The smallest absolute Gasteiger partial charge is 0.0646 e. The lowest BCUT2D eigenvalue weighted by atomic mass is 9.89. The average molecular weight is 247 g/mol. The Balaban J connectivity index is 2.06. The monoisotopic (exact) mass is 247 g/mol. The van der Waals surface area contributed by atoms with Gasteiger partial charge < -0.3 is 10.1 Å². The van der Waals surface area contributed by atoms with E-state index < -0.39 is 0 Å². The lowest BCUT2D eigenvalue weighted by Crippen LogP contribution is -2.52. The molecule has 2 heteroatoms. The fraction of sp³-hybridized carbons (Fsp3) is 0.625. The van der Waals surface area contributed by atoms with E-state index in [0.29, 0.717) is 0 Å². The van der Waals surface area contributed by atoms with E-state index >= 15 is 0 Å². The molecule has 2 rings (SSSR count). The Bertz CT molecular complexity index is 396. The Morgan fingerprint density at radius 1 is 1.22 bits per heavy atom. The fourth-order valence-electron chi connectivity index (χ4n) is 2.94. The fourth-order valence-corrected chi connectivity index (χ4v) is 2.94. The van der Waals surface area contributed by atoms with Crippen LogP contribution < -0.4 is 5.32 Å². The van der Waals surface area contributed by atoms with Crippen LogP contribution in [0.15, 0.2) is 12.1 Å². The van der Waals surface area contributed by atoms with Crippen molar-refractivity contribution >= 4 is 0 Å². The van der Waals surface area contributed by atoms with Crippen molar-refractivity contribution in [1.29, 1.82) is 0 Å². The first-order chi connectivity index (χ1) is 8.50. The van der Waals surface area contributed by atoms with Gasteiger partial charge in [0.2, 0.25) is 0 Å². The largest absolute Gasteiger partial charge is 0.378 e.